The summed E-state index contributed by atoms with van der Waals surface area (Å²) in [6.45, 7) is 18.8. The van der Waals surface area contributed by atoms with Crippen LogP contribution < -0.4 is 0 Å². The fraction of sp³-hybridized carbons (Fsp3) is 0.519. The van der Waals surface area contributed by atoms with Crippen molar-refractivity contribution in [2.45, 2.75) is 73.5 Å². The van der Waals surface area contributed by atoms with E-state index in [2.05, 4.69) is 127 Å². The molecule has 0 aromatic heterocycles. The zero-order valence-corrected chi connectivity index (χ0v) is 19.8. The molecule has 1 aliphatic heterocycles. The van der Waals surface area contributed by atoms with E-state index in [0.717, 1.165) is 0 Å². The van der Waals surface area contributed by atoms with Gasteiger partial charge in [-0.2, -0.15) is 0 Å². The van der Waals surface area contributed by atoms with Crippen molar-refractivity contribution in [3.05, 3.63) is 70.8 Å². The van der Waals surface area contributed by atoms with Gasteiger partial charge < -0.3 is 0 Å². The molecule has 156 valence electrons. The van der Waals surface area contributed by atoms with Gasteiger partial charge in [0.05, 0.1) is 7.05 Å². The summed E-state index contributed by atoms with van der Waals surface area (Å²) in [6, 6.07) is 18.8. The SMILES string of the molecule is Cc1ccccc1C(c1ccccc1C)N1C=[N+](C)[C@H](C(C)(C)C)[C@H]1C(C)(C)C. The highest BCUT2D eigenvalue weighted by atomic mass is 15.3. The second-order valence-electron chi connectivity index (χ2n) is 11.0. The van der Waals surface area contributed by atoms with Crippen molar-refractivity contribution in [2.24, 2.45) is 10.8 Å². The molecular formula is C27H39N2+. The van der Waals surface area contributed by atoms with Crippen molar-refractivity contribution in [2.75, 3.05) is 7.05 Å². The highest BCUT2D eigenvalue weighted by Gasteiger charge is 2.54. The molecule has 3 rings (SSSR count). The fourth-order valence-corrected chi connectivity index (χ4v) is 5.25. The van der Waals surface area contributed by atoms with Gasteiger partial charge in [0.2, 0.25) is 6.34 Å². The second-order valence-corrected chi connectivity index (χ2v) is 11.0. The van der Waals surface area contributed by atoms with Crippen LogP contribution in [0.3, 0.4) is 0 Å². The molecule has 0 aliphatic carbocycles. The third-order valence-electron chi connectivity index (χ3n) is 6.41. The van der Waals surface area contributed by atoms with Crippen LogP contribution in [-0.4, -0.2) is 34.9 Å². The van der Waals surface area contributed by atoms with Crippen LogP contribution in [0.4, 0.5) is 0 Å². The maximum Gasteiger partial charge on any atom is 0.235 e. The predicted octanol–water partition coefficient (Wildman–Crippen LogP) is 6.21. The first-order chi connectivity index (χ1) is 13.4. The number of likely N-dealkylation sites (N-methyl/N-ethyl adjacent to an activating group) is 1. The molecule has 0 saturated heterocycles. The molecule has 0 bridgehead atoms. The smallest absolute Gasteiger partial charge is 0.235 e. The molecule has 0 saturated carbocycles. The summed E-state index contributed by atoms with van der Waals surface area (Å²) in [5.41, 5.74) is 5.82. The van der Waals surface area contributed by atoms with Crippen molar-refractivity contribution >= 4 is 6.34 Å². The van der Waals surface area contributed by atoms with Crippen LogP contribution in [0.25, 0.3) is 0 Å². The fourth-order valence-electron chi connectivity index (χ4n) is 5.25. The highest BCUT2D eigenvalue weighted by Crippen LogP contribution is 2.44. The Morgan fingerprint density at radius 1 is 0.759 bits per heavy atom. The van der Waals surface area contributed by atoms with Crippen LogP contribution >= 0.6 is 0 Å². The Bertz CT molecular complexity index is 850. The van der Waals surface area contributed by atoms with Gasteiger partial charge in [0.1, 0.15) is 18.1 Å². The van der Waals surface area contributed by atoms with Crippen molar-refractivity contribution in [1.29, 1.82) is 0 Å². The molecule has 0 spiro atoms. The van der Waals surface area contributed by atoms with Gasteiger partial charge in [0.25, 0.3) is 0 Å². The number of hydrogen-bond donors (Lipinski definition) is 0. The maximum atomic E-state index is 2.65. The Morgan fingerprint density at radius 3 is 1.59 bits per heavy atom. The molecule has 2 aromatic rings. The Morgan fingerprint density at radius 2 is 1.21 bits per heavy atom. The minimum Gasteiger partial charge on any atom is -0.263 e. The van der Waals surface area contributed by atoms with E-state index < -0.39 is 0 Å². The Labute approximate surface area is 178 Å². The Kier molecular flexibility index (Phi) is 5.69. The molecule has 0 unspecified atom stereocenters. The zero-order chi connectivity index (χ0) is 21.6. The van der Waals surface area contributed by atoms with E-state index in [-0.39, 0.29) is 16.9 Å². The predicted molar refractivity (Wildman–Crippen MR) is 125 cm³/mol. The molecule has 0 radical (unpaired) electrons. The lowest BCUT2D eigenvalue weighted by Crippen LogP contribution is -2.53. The third-order valence-corrected chi connectivity index (χ3v) is 6.41. The average molecular weight is 392 g/mol. The van der Waals surface area contributed by atoms with E-state index in [1.807, 2.05) is 0 Å². The Hall–Kier alpha value is -2.09. The summed E-state index contributed by atoms with van der Waals surface area (Å²) in [5, 5.41) is 0. The van der Waals surface area contributed by atoms with Gasteiger partial charge >= 0.3 is 0 Å². The summed E-state index contributed by atoms with van der Waals surface area (Å²) in [5.74, 6) is 0. The van der Waals surface area contributed by atoms with Gasteiger partial charge in [-0.3, -0.25) is 4.58 Å². The lowest BCUT2D eigenvalue weighted by molar-refractivity contribution is -0.546. The quantitative estimate of drug-likeness (QED) is 0.564. The molecule has 0 N–H and O–H groups in total. The van der Waals surface area contributed by atoms with Gasteiger partial charge in [-0.15, -0.1) is 0 Å². The summed E-state index contributed by atoms with van der Waals surface area (Å²) in [7, 11) is 2.25. The largest absolute Gasteiger partial charge is 0.263 e. The minimum atomic E-state index is 0.142. The van der Waals surface area contributed by atoms with Crippen LogP contribution in [0.5, 0.6) is 0 Å². The first-order valence-electron chi connectivity index (χ1n) is 10.9. The van der Waals surface area contributed by atoms with Gasteiger partial charge in [-0.05, 0) is 25.0 Å². The number of nitrogens with zero attached hydrogens (tertiary/aromatic N) is 2. The molecule has 2 atom stereocenters. The normalized spacial score (nSPS) is 20.3. The zero-order valence-electron chi connectivity index (χ0n) is 19.8. The molecule has 2 aromatic carbocycles. The molecule has 2 heteroatoms. The monoisotopic (exact) mass is 391 g/mol. The molecule has 0 fully saturated rings. The van der Waals surface area contributed by atoms with E-state index in [1.165, 1.54) is 22.3 Å². The lowest BCUT2D eigenvalue weighted by atomic mass is 9.72. The van der Waals surface area contributed by atoms with Crippen LogP contribution in [0.2, 0.25) is 0 Å². The van der Waals surface area contributed by atoms with Gasteiger partial charge in [0, 0.05) is 22.0 Å². The summed E-state index contributed by atoms with van der Waals surface area (Å²) in [6.07, 6.45) is 2.38. The van der Waals surface area contributed by atoms with Gasteiger partial charge in [-0.25, -0.2) is 4.90 Å². The van der Waals surface area contributed by atoms with E-state index >= 15 is 0 Å². The summed E-state index contributed by atoms with van der Waals surface area (Å²) < 4.78 is 2.46. The molecule has 2 nitrogen and oxygen atoms in total. The molecule has 1 aliphatic rings. The van der Waals surface area contributed by atoms with Crippen molar-refractivity contribution < 1.29 is 4.58 Å². The molecule has 0 amide bonds. The average Bonchev–Trinajstić information content (AvgIpc) is 2.96. The number of hydrogen-bond acceptors (Lipinski definition) is 1. The molecule has 29 heavy (non-hydrogen) atoms. The number of rotatable bonds is 3. The number of benzene rings is 2. The van der Waals surface area contributed by atoms with Crippen LogP contribution in [0.15, 0.2) is 48.5 Å². The summed E-state index contributed by atoms with van der Waals surface area (Å²) in [4.78, 5) is 2.65. The van der Waals surface area contributed by atoms with Crippen molar-refractivity contribution in [1.82, 2.24) is 4.90 Å². The van der Waals surface area contributed by atoms with E-state index in [0.29, 0.717) is 12.1 Å². The second kappa shape index (κ2) is 7.63. The lowest BCUT2D eigenvalue weighted by Gasteiger charge is -2.41. The van der Waals surface area contributed by atoms with Crippen LogP contribution in [0, 0.1) is 24.7 Å². The summed E-state index contributed by atoms with van der Waals surface area (Å²) >= 11 is 0. The number of aryl methyl sites for hydroxylation is 2. The highest BCUT2D eigenvalue weighted by molar-refractivity contribution is 5.57. The van der Waals surface area contributed by atoms with Gasteiger partial charge in [0.15, 0.2) is 0 Å². The standard InChI is InChI=1S/C27H39N2/c1-19-14-10-12-16-21(19)23(22-17-13-11-15-20(22)2)29-18-28(9)24(26(3,4)5)25(29)27(6,7)8/h10-18,23-25H,1-9H3/q+1/t24-,25-/m0/s1. The van der Waals surface area contributed by atoms with Gasteiger partial charge in [-0.1, -0.05) is 90.1 Å². The van der Waals surface area contributed by atoms with E-state index in [9.17, 15) is 0 Å². The van der Waals surface area contributed by atoms with E-state index in [1.54, 1.807) is 0 Å². The molecule has 1 heterocycles. The van der Waals surface area contributed by atoms with E-state index in [4.69, 9.17) is 0 Å². The van der Waals surface area contributed by atoms with Crippen LogP contribution in [-0.2, 0) is 0 Å². The first-order valence-corrected chi connectivity index (χ1v) is 10.9. The van der Waals surface area contributed by atoms with Crippen LogP contribution in [0.1, 0.15) is 69.8 Å². The van der Waals surface area contributed by atoms with Crippen molar-refractivity contribution in [3.63, 3.8) is 0 Å². The molecular weight excluding hydrogens is 352 g/mol. The topological polar surface area (TPSA) is 6.25 Å². The van der Waals surface area contributed by atoms with Crippen molar-refractivity contribution in [3.8, 4) is 0 Å². The maximum absolute atomic E-state index is 2.65. The Balaban J connectivity index is 2.25. The first kappa shape index (κ1) is 21.6. The minimum absolute atomic E-state index is 0.142. The third kappa shape index (κ3) is 4.13.